The van der Waals surface area contributed by atoms with Gasteiger partial charge in [0.05, 0.1) is 6.10 Å². The number of aliphatic hydroxyl groups is 1. The van der Waals surface area contributed by atoms with Gasteiger partial charge in [-0.1, -0.05) is 53.6 Å². The Hall–Kier alpha value is -1.35. The fraction of sp³-hybridized carbons (Fsp3) is 0.294. The van der Waals surface area contributed by atoms with Crippen LogP contribution in [0, 0.1) is 6.92 Å². The predicted octanol–water partition coefficient (Wildman–Crippen LogP) is 3.51. The van der Waals surface area contributed by atoms with E-state index in [4.69, 9.17) is 11.6 Å². The molecule has 3 heteroatoms. The number of halogens is 1. The Kier molecular flexibility index (Phi) is 5.60. The number of benzene rings is 2. The van der Waals surface area contributed by atoms with Crippen molar-refractivity contribution >= 4 is 11.6 Å². The highest BCUT2D eigenvalue weighted by Crippen LogP contribution is 2.16. The lowest BCUT2D eigenvalue weighted by atomic mass is 10.1. The van der Waals surface area contributed by atoms with Crippen LogP contribution in [0.5, 0.6) is 0 Å². The van der Waals surface area contributed by atoms with Crippen LogP contribution in [-0.2, 0) is 6.42 Å². The first-order chi connectivity index (χ1) is 9.65. The molecular weight excluding hydrogens is 270 g/mol. The number of aliphatic hydroxyl groups excluding tert-OH is 1. The lowest BCUT2D eigenvalue weighted by Crippen LogP contribution is -2.23. The Morgan fingerprint density at radius 2 is 1.90 bits per heavy atom. The summed E-state index contributed by atoms with van der Waals surface area (Å²) in [4.78, 5) is 0. The molecule has 0 bridgehead atoms. The number of rotatable bonds is 6. The average molecular weight is 290 g/mol. The second kappa shape index (κ2) is 7.44. The van der Waals surface area contributed by atoms with Gasteiger partial charge in [-0.3, -0.25) is 0 Å². The summed E-state index contributed by atoms with van der Waals surface area (Å²) >= 11 is 5.91. The molecule has 0 radical (unpaired) electrons. The maximum Gasteiger partial charge on any atom is 0.0914 e. The second-order valence-electron chi connectivity index (χ2n) is 5.01. The zero-order valence-electron chi connectivity index (χ0n) is 11.6. The minimum Gasteiger partial charge on any atom is -0.387 e. The molecule has 0 heterocycles. The van der Waals surface area contributed by atoms with E-state index >= 15 is 0 Å². The van der Waals surface area contributed by atoms with Crippen LogP contribution in [0.4, 0.5) is 0 Å². The maximum atomic E-state index is 10.1. The largest absolute Gasteiger partial charge is 0.387 e. The van der Waals surface area contributed by atoms with Gasteiger partial charge in [0.25, 0.3) is 0 Å². The van der Waals surface area contributed by atoms with Crippen molar-refractivity contribution in [3.8, 4) is 0 Å². The van der Waals surface area contributed by atoms with Gasteiger partial charge >= 0.3 is 0 Å². The highest BCUT2D eigenvalue weighted by atomic mass is 35.5. The molecule has 106 valence electrons. The molecule has 2 aromatic rings. The summed E-state index contributed by atoms with van der Waals surface area (Å²) < 4.78 is 0. The standard InChI is InChI=1S/C17H20ClNO/c1-13-5-7-14(8-6-13)9-10-19-12-17(20)15-3-2-4-16(18)11-15/h2-8,11,17,19-20H,9-10,12H2,1H3. The molecule has 2 nitrogen and oxygen atoms in total. The van der Waals surface area contributed by atoms with E-state index < -0.39 is 6.10 Å². The monoisotopic (exact) mass is 289 g/mol. The summed E-state index contributed by atoms with van der Waals surface area (Å²) in [5.74, 6) is 0. The van der Waals surface area contributed by atoms with E-state index in [-0.39, 0.29) is 0 Å². The van der Waals surface area contributed by atoms with Crippen molar-refractivity contribution in [3.63, 3.8) is 0 Å². The number of hydrogen-bond acceptors (Lipinski definition) is 2. The van der Waals surface area contributed by atoms with Crippen LogP contribution in [0.3, 0.4) is 0 Å². The third-order valence-electron chi connectivity index (χ3n) is 3.28. The third-order valence-corrected chi connectivity index (χ3v) is 3.52. The van der Waals surface area contributed by atoms with Crippen LogP contribution in [0.15, 0.2) is 48.5 Å². The van der Waals surface area contributed by atoms with Crippen molar-refractivity contribution in [2.24, 2.45) is 0 Å². The third kappa shape index (κ3) is 4.64. The van der Waals surface area contributed by atoms with Gasteiger partial charge in [0.1, 0.15) is 0 Å². The molecule has 0 saturated heterocycles. The van der Waals surface area contributed by atoms with Crippen LogP contribution >= 0.6 is 11.6 Å². The summed E-state index contributed by atoms with van der Waals surface area (Å²) in [7, 11) is 0. The zero-order chi connectivity index (χ0) is 14.4. The van der Waals surface area contributed by atoms with Gasteiger partial charge in [0, 0.05) is 11.6 Å². The topological polar surface area (TPSA) is 32.3 Å². The molecule has 2 N–H and O–H groups in total. The van der Waals surface area contributed by atoms with Gasteiger partial charge in [0.15, 0.2) is 0 Å². The van der Waals surface area contributed by atoms with Crippen molar-refractivity contribution in [2.45, 2.75) is 19.4 Å². The molecule has 0 spiro atoms. The van der Waals surface area contributed by atoms with Gasteiger partial charge in [0.2, 0.25) is 0 Å². The first-order valence-electron chi connectivity index (χ1n) is 6.85. The number of nitrogens with one attached hydrogen (secondary N) is 1. The van der Waals surface area contributed by atoms with Gasteiger partial charge in [-0.15, -0.1) is 0 Å². The fourth-order valence-electron chi connectivity index (χ4n) is 2.06. The summed E-state index contributed by atoms with van der Waals surface area (Å²) in [6.45, 7) is 3.47. The number of aryl methyl sites for hydroxylation is 1. The molecule has 0 aromatic heterocycles. The van der Waals surface area contributed by atoms with E-state index in [0.717, 1.165) is 18.5 Å². The SMILES string of the molecule is Cc1ccc(CCNCC(O)c2cccc(Cl)c2)cc1. The van der Waals surface area contributed by atoms with Crippen LogP contribution in [0.1, 0.15) is 22.8 Å². The van der Waals surface area contributed by atoms with E-state index in [1.807, 2.05) is 18.2 Å². The minimum atomic E-state index is -0.522. The van der Waals surface area contributed by atoms with Crippen molar-refractivity contribution in [1.29, 1.82) is 0 Å². The van der Waals surface area contributed by atoms with Crippen LogP contribution < -0.4 is 5.32 Å². The van der Waals surface area contributed by atoms with Crippen LogP contribution in [0.25, 0.3) is 0 Å². The van der Waals surface area contributed by atoms with E-state index in [1.165, 1.54) is 11.1 Å². The van der Waals surface area contributed by atoms with Gasteiger partial charge in [-0.25, -0.2) is 0 Å². The fourth-order valence-corrected chi connectivity index (χ4v) is 2.26. The Bertz CT molecular complexity index is 539. The van der Waals surface area contributed by atoms with E-state index in [1.54, 1.807) is 6.07 Å². The van der Waals surface area contributed by atoms with Crippen molar-refractivity contribution in [3.05, 3.63) is 70.2 Å². The molecular formula is C17H20ClNO. The highest BCUT2D eigenvalue weighted by molar-refractivity contribution is 6.30. The lowest BCUT2D eigenvalue weighted by Gasteiger charge is -2.12. The summed E-state index contributed by atoms with van der Waals surface area (Å²) in [5.41, 5.74) is 3.43. The molecule has 2 aromatic carbocycles. The Morgan fingerprint density at radius 3 is 2.60 bits per heavy atom. The molecule has 0 aliphatic rings. The molecule has 1 atom stereocenters. The number of hydrogen-bond donors (Lipinski definition) is 2. The molecule has 0 saturated carbocycles. The normalized spacial score (nSPS) is 12.3. The summed E-state index contributed by atoms with van der Waals surface area (Å²) in [5, 5.41) is 14.0. The smallest absolute Gasteiger partial charge is 0.0914 e. The van der Waals surface area contributed by atoms with E-state index in [0.29, 0.717) is 11.6 Å². The Morgan fingerprint density at radius 1 is 1.15 bits per heavy atom. The van der Waals surface area contributed by atoms with Crippen LogP contribution in [0.2, 0.25) is 5.02 Å². The zero-order valence-corrected chi connectivity index (χ0v) is 12.4. The molecule has 2 rings (SSSR count). The van der Waals surface area contributed by atoms with E-state index in [2.05, 4.69) is 36.5 Å². The van der Waals surface area contributed by atoms with Crippen LogP contribution in [-0.4, -0.2) is 18.2 Å². The van der Waals surface area contributed by atoms with Gasteiger partial charge < -0.3 is 10.4 Å². The Labute approximate surface area is 125 Å². The average Bonchev–Trinajstić information content (AvgIpc) is 2.45. The Balaban J connectivity index is 1.74. The second-order valence-corrected chi connectivity index (χ2v) is 5.45. The quantitative estimate of drug-likeness (QED) is 0.798. The molecule has 0 aliphatic carbocycles. The summed E-state index contributed by atoms with van der Waals surface area (Å²) in [6, 6.07) is 15.9. The first kappa shape index (κ1) is 15.0. The van der Waals surface area contributed by atoms with Crippen molar-refractivity contribution in [1.82, 2.24) is 5.32 Å². The van der Waals surface area contributed by atoms with Gasteiger partial charge in [-0.05, 0) is 43.1 Å². The highest BCUT2D eigenvalue weighted by Gasteiger charge is 2.06. The predicted molar refractivity (Wildman–Crippen MR) is 84.2 cm³/mol. The van der Waals surface area contributed by atoms with Crippen molar-refractivity contribution in [2.75, 3.05) is 13.1 Å². The van der Waals surface area contributed by atoms with Crippen molar-refractivity contribution < 1.29 is 5.11 Å². The summed E-state index contributed by atoms with van der Waals surface area (Å²) in [6.07, 6.45) is 0.439. The van der Waals surface area contributed by atoms with Gasteiger partial charge in [-0.2, -0.15) is 0 Å². The molecule has 0 fully saturated rings. The first-order valence-corrected chi connectivity index (χ1v) is 7.23. The molecule has 1 unspecified atom stereocenters. The lowest BCUT2D eigenvalue weighted by molar-refractivity contribution is 0.175. The maximum absolute atomic E-state index is 10.1. The molecule has 0 aliphatic heterocycles. The molecule has 20 heavy (non-hydrogen) atoms. The van der Waals surface area contributed by atoms with E-state index in [9.17, 15) is 5.11 Å². The molecule has 0 amide bonds. The minimum absolute atomic E-state index is 0.522.